The summed E-state index contributed by atoms with van der Waals surface area (Å²) in [5.74, 6) is -0.798. The summed E-state index contributed by atoms with van der Waals surface area (Å²) >= 11 is 0. The van der Waals surface area contributed by atoms with Gasteiger partial charge in [0.05, 0.1) is 12.3 Å². The van der Waals surface area contributed by atoms with Gasteiger partial charge in [-0.1, -0.05) is 61.4 Å². The van der Waals surface area contributed by atoms with E-state index >= 15 is 0 Å². The summed E-state index contributed by atoms with van der Waals surface area (Å²) in [5.41, 5.74) is 4.49. The molecule has 0 spiro atoms. The van der Waals surface area contributed by atoms with Crippen molar-refractivity contribution in [3.05, 3.63) is 76.4 Å². The smallest absolute Gasteiger partial charge is 0.275 e. The van der Waals surface area contributed by atoms with Crippen molar-refractivity contribution in [3.63, 3.8) is 0 Å². The van der Waals surface area contributed by atoms with Crippen LogP contribution in [0, 0.1) is 19.8 Å². The molecule has 2 amide bonds. The normalized spacial score (nSPS) is 11.8. The van der Waals surface area contributed by atoms with Gasteiger partial charge in [-0.25, -0.2) is 5.06 Å². The first kappa shape index (κ1) is 23.3. The zero-order chi connectivity index (χ0) is 22.3. The van der Waals surface area contributed by atoms with Crippen molar-refractivity contribution >= 4 is 18.0 Å². The summed E-state index contributed by atoms with van der Waals surface area (Å²) in [7, 11) is 1.28. The molecule has 0 heterocycles. The number of rotatable bonds is 9. The van der Waals surface area contributed by atoms with Gasteiger partial charge >= 0.3 is 0 Å². The minimum atomic E-state index is -0.561. The van der Waals surface area contributed by atoms with Gasteiger partial charge in [0.15, 0.2) is 0 Å². The third-order valence-corrected chi connectivity index (χ3v) is 4.61. The number of hydrogen-bond acceptors (Lipinski definition) is 4. The summed E-state index contributed by atoms with van der Waals surface area (Å²) in [6.07, 6.45) is 0.658. The Bertz CT molecular complexity index is 884. The number of carbonyl (C=O) groups excluding carboxylic acids is 2. The predicted molar refractivity (Wildman–Crippen MR) is 116 cm³/mol. The highest BCUT2D eigenvalue weighted by atomic mass is 16.5. The van der Waals surface area contributed by atoms with Crippen LogP contribution < -0.4 is 0 Å². The molecular formula is C24H30N2O4. The molecule has 0 saturated heterocycles. The van der Waals surface area contributed by atoms with Crippen LogP contribution in [0.2, 0.25) is 0 Å². The SMILES string of the molecule is Cc1cc(C)cc(/C(=C(/C(=O)N(C)O)C(C)C)N(C=O)COCc2ccccc2)c1. The Balaban J connectivity index is 2.50. The Hall–Kier alpha value is -2.96. The molecule has 30 heavy (non-hydrogen) atoms. The van der Waals surface area contributed by atoms with Crippen LogP contribution in [-0.4, -0.2) is 41.3 Å². The predicted octanol–water partition coefficient (Wildman–Crippen LogP) is 4.15. The Labute approximate surface area is 178 Å². The van der Waals surface area contributed by atoms with E-state index in [0.29, 0.717) is 29.4 Å². The van der Waals surface area contributed by atoms with Gasteiger partial charge in [-0.2, -0.15) is 0 Å². The Morgan fingerprint density at radius 1 is 1.10 bits per heavy atom. The van der Waals surface area contributed by atoms with E-state index in [9.17, 15) is 14.8 Å². The van der Waals surface area contributed by atoms with E-state index in [-0.39, 0.29) is 12.6 Å². The molecule has 0 aromatic heterocycles. The van der Waals surface area contributed by atoms with E-state index in [0.717, 1.165) is 22.3 Å². The van der Waals surface area contributed by atoms with Crippen LogP contribution in [-0.2, 0) is 20.9 Å². The van der Waals surface area contributed by atoms with Crippen LogP contribution in [0.15, 0.2) is 54.1 Å². The van der Waals surface area contributed by atoms with Gasteiger partial charge in [-0.15, -0.1) is 0 Å². The molecule has 6 heteroatoms. The van der Waals surface area contributed by atoms with Crippen LogP contribution in [0.3, 0.4) is 0 Å². The molecule has 0 aliphatic heterocycles. The first-order chi connectivity index (χ1) is 14.2. The third-order valence-electron chi connectivity index (χ3n) is 4.61. The minimum absolute atomic E-state index is 0.0284. The van der Waals surface area contributed by atoms with Crippen LogP contribution in [0.5, 0.6) is 0 Å². The lowest BCUT2D eigenvalue weighted by atomic mass is 9.94. The lowest BCUT2D eigenvalue weighted by molar-refractivity contribution is -0.155. The molecule has 0 saturated carbocycles. The average molecular weight is 411 g/mol. The van der Waals surface area contributed by atoms with Gasteiger partial charge in [0.25, 0.3) is 5.91 Å². The van der Waals surface area contributed by atoms with Gasteiger partial charge in [-0.3, -0.25) is 19.7 Å². The van der Waals surface area contributed by atoms with E-state index in [4.69, 9.17) is 4.74 Å². The zero-order valence-electron chi connectivity index (χ0n) is 18.3. The molecule has 2 aromatic carbocycles. The Kier molecular flexibility index (Phi) is 8.33. The Morgan fingerprint density at radius 3 is 2.20 bits per heavy atom. The van der Waals surface area contributed by atoms with Crippen LogP contribution in [0.25, 0.3) is 5.70 Å². The molecule has 0 bridgehead atoms. The van der Waals surface area contributed by atoms with E-state index < -0.39 is 5.91 Å². The molecular weight excluding hydrogens is 380 g/mol. The summed E-state index contributed by atoms with van der Waals surface area (Å²) < 4.78 is 5.78. The maximum atomic E-state index is 12.8. The number of nitrogens with zero attached hydrogens (tertiary/aromatic N) is 2. The second-order valence-corrected chi connectivity index (χ2v) is 7.66. The number of aryl methyl sites for hydroxylation is 2. The quantitative estimate of drug-likeness (QED) is 0.222. The maximum absolute atomic E-state index is 12.8. The van der Waals surface area contributed by atoms with Crippen molar-refractivity contribution in [2.75, 3.05) is 13.8 Å². The third kappa shape index (κ3) is 6.02. The zero-order valence-corrected chi connectivity index (χ0v) is 18.3. The topological polar surface area (TPSA) is 70.1 Å². The molecule has 1 N–H and O–H groups in total. The lowest BCUT2D eigenvalue weighted by Crippen LogP contribution is -2.32. The van der Waals surface area contributed by atoms with Crippen molar-refractivity contribution in [2.24, 2.45) is 5.92 Å². The van der Waals surface area contributed by atoms with Crippen molar-refractivity contribution < 1.29 is 19.5 Å². The van der Waals surface area contributed by atoms with Gasteiger partial charge < -0.3 is 4.74 Å². The van der Waals surface area contributed by atoms with Crippen LogP contribution in [0.1, 0.15) is 36.1 Å². The lowest BCUT2D eigenvalue weighted by Gasteiger charge is -2.27. The fourth-order valence-electron chi connectivity index (χ4n) is 3.37. The second-order valence-electron chi connectivity index (χ2n) is 7.66. The average Bonchev–Trinajstić information content (AvgIpc) is 2.69. The standard InChI is InChI=1S/C24H30N2O4/c1-17(2)22(24(28)25(5)29)23(21-12-18(3)11-19(4)13-21)26(15-27)16-30-14-20-9-7-6-8-10-20/h6-13,15,17,29H,14,16H2,1-5H3/b23-22-. The number of hydroxylamine groups is 2. The van der Waals surface area contributed by atoms with Gasteiger partial charge in [-0.05, 0) is 43.0 Å². The highest BCUT2D eigenvalue weighted by Crippen LogP contribution is 2.29. The summed E-state index contributed by atoms with van der Waals surface area (Å²) in [6, 6.07) is 15.5. The number of amides is 2. The first-order valence-corrected chi connectivity index (χ1v) is 9.88. The number of hydrogen-bond donors (Lipinski definition) is 1. The Morgan fingerprint density at radius 2 is 1.70 bits per heavy atom. The first-order valence-electron chi connectivity index (χ1n) is 9.88. The van der Waals surface area contributed by atoms with Crippen molar-refractivity contribution in [1.82, 2.24) is 9.96 Å². The molecule has 0 aliphatic carbocycles. The van der Waals surface area contributed by atoms with E-state index in [1.807, 2.05) is 76.2 Å². The summed E-state index contributed by atoms with van der Waals surface area (Å²) in [6.45, 7) is 7.93. The molecule has 0 radical (unpaired) electrons. The molecule has 160 valence electrons. The molecule has 2 rings (SSSR count). The van der Waals surface area contributed by atoms with Gasteiger partial charge in [0.1, 0.15) is 6.73 Å². The highest BCUT2D eigenvalue weighted by Gasteiger charge is 2.26. The molecule has 2 aromatic rings. The fraction of sp³-hybridized carbons (Fsp3) is 0.333. The van der Waals surface area contributed by atoms with Gasteiger partial charge in [0.2, 0.25) is 6.41 Å². The maximum Gasteiger partial charge on any atom is 0.275 e. The summed E-state index contributed by atoms with van der Waals surface area (Å²) in [4.78, 5) is 26.3. The van der Waals surface area contributed by atoms with E-state index in [1.54, 1.807) is 0 Å². The molecule has 0 atom stereocenters. The van der Waals surface area contributed by atoms with Crippen molar-refractivity contribution in [3.8, 4) is 0 Å². The second kappa shape index (κ2) is 10.7. The number of likely N-dealkylation sites (N-methyl/N-ethyl adjacent to an activating group) is 1. The molecule has 6 nitrogen and oxygen atoms in total. The number of benzene rings is 2. The highest BCUT2D eigenvalue weighted by molar-refractivity contribution is 6.01. The summed E-state index contributed by atoms with van der Waals surface area (Å²) in [5, 5.41) is 10.4. The minimum Gasteiger partial charge on any atom is -0.356 e. The molecule has 0 unspecified atom stereocenters. The number of ether oxygens (including phenoxy) is 1. The van der Waals surface area contributed by atoms with Crippen LogP contribution >= 0.6 is 0 Å². The van der Waals surface area contributed by atoms with Crippen LogP contribution in [0.4, 0.5) is 0 Å². The number of carbonyl (C=O) groups is 2. The van der Waals surface area contributed by atoms with Crippen molar-refractivity contribution in [1.29, 1.82) is 0 Å². The fourth-order valence-corrected chi connectivity index (χ4v) is 3.37. The molecule has 0 aliphatic rings. The van der Waals surface area contributed by atoms with Gasteiger partial charge in [0, 0.05) is 12.6 Å². The van der Waals surface area contributed by atoms with E-state index in [2.05, 4.69) is 0 Å². The monoisotopic (exact) mass is 410 g/mol. The largest absolute Gasteiger partial charge is 0.356 e. The molecule has 0 fully saturated rings. The van der Waals surface area contributed by atoms with E-state index in [1.165, 1.54) is 11.9 Å². The van der Waals surface area contributed by atoms with Crippen molar-refractivity contribution in [2.45, 2.75) is 34.3 Å².